The van der Waals surface area contributed by atoms with Gasteiger partial charge in [0.1, 0.15) is 5.65 Å². The minimum absolute atomic E-state index is 1.02. The maximum absolute atomic E-state index is 4.85. The Morgan fingerprint density at radius 1 is 0.880 bits per heavy atom. The van der Waals surface area contributed by atoms with Crippen molar-refractivity contribution in [2.75, 3.05) is 31.1 Å². The number of nitrogens with zero attached hydrogens (tertiary/aromatic N) is 3. The Morgan fingerprint density at radius 2 is 1.72 bits per heavy atom. The van der Waals surface area contributed by atoms with E-state index in [9.17, 15) is 0 Å². The van der Waals surface area contributed by atoms with Gasteiger partial charge in [-0.05, 0) is 55.0 Å². The minimum atomic E-state index is 1.02. The molecule has 0 atom stereocenters. The van der Waals surface area contributed by atoms with Crippen molar-refractivity contribution in [3.63, 3.8) is 0 Å². The molecule has 4 nitrogen and oxygen atoms in total. The average molecular weight is 332 g/mol. The van der Waals surface area contributed by atoms with E-state index >= 15 is 0 Å². The van der Waals surface area contributed by atoms with Gasteiger partial charge >= 0.3 is 0 Å². The number of anilines is 1. The zero-order valence-electron chi connectivity index (χ0n) is 14.5. The summed E-state index contributed by atoms with van der Waals surface area (Å²) in [4.78, 5) is 7.29. The molecule has 4 heteroatoms. The Balaban J connectivity index is 1.49. The maximum Gasteiger partial charge on any atom is 0.137 e. The van der Waals surface area contributed by atoms with Crippen molar-refractivity contribution < 1.29 is 0 Å². The molecule has 0 spiro atoms. The third-order valence-electron chi connectivity index (χ3n) is 5.56. The number of hydrogen-bond donors (Lipinski definition) is 1. The van der Waals surface area contributed by atoms with Gasteiger partial charge in [-0.15, -0.1) is 0 Å². The van der Waals surface area contributed by atoms with Crippen LogP contribution in [0.2, 0.25) is 0 Å². The van der Waals surface area contributed by atoms with Crippen molar-refractivity contribution in [3.8, 4) is 11.3 Å². The Hall–Kier alpha value is -2.33. The van der Waals surface area contributed by atoms with Gasteiger partial charge in [-0.25, -0.2) is 4.98 Å². The number of imidazole rings is 1. The molecule has 5 rings (SSSR count). The normalized spacial score (nSPS) is 17.7. The van der Waals surface area contributed by atoms with E-state index in [4.69, 9.17) is 4.98 Å². The number of fused-ring (bicyclic) bond motifs is 2. The number of pyridine rings is 1. The monoisotopic (exact) mass is 332 g/mol. The van der Waals surface area contributed by atoms with E-state index in [1.54, 1.807) is 0 Å². The van der Waals surface area contributed by atoms with E-state index in [2.05, 4.69) is 57.3 Å². The molecule has 2 aliphatic rings. The van der Waals surface area contributed by atoms with Gasteiger partial charge in [0.15, 0.2) is 0 Å². The van der Waals surface area contributed by atoms with Gasteiger partial charge in [-0.2, -0.15) is 0 Å². The SMILES string of the molecule is c1cc2c(cc1-c1cn3cc(N4CCNCC4)ccc3n1)CCCC2. The Morgan fingerprint density at radius 3 is 2.60 bits per heavy atom. The van der Waals surface area contributed by atoms with Crippen molar-refractivity contribution in [1.29, 1.82) is 0 Å². The van der Waals surface area contributed by atoms with Gasteiger partial charge in [0.25, 0.3) is 0 Å². The van der Waals surface area contributed by atoms with Crippen LogP contribution in [0, 0.1) is 0 Å². The summed E-state index contributed by atoms with van der Waals surface area (Å²) in [5.41, 5.74) is 7.66. The number of hydrogen-bond acceptors (Lipinski definition) is 3. The van der Waals surface area contributed by atoms with Gasteiger partial charge in [0.2, 0.25) is 0 Å². The first-order valence-corrected chi connectivity index (χ1v) is 9.43. The topological polar surface area (TPSA) is 32.6 Å². The molecule has 0 unspecified atom stereocenters. The lowest BCUT2D eigenvalue weighted by Gasteiger charge is -2.29. The Bertz CT molecular complexity index is 905. The first kappa shape index (κ1) is 15.0. The van der Waals surface area contributed by atoms with E-state index in [0.717, 1.165) is 37.5 Å². The molecule has 2 aromatic heterocycles. The van der Waals surface area contributed by atoms with E-state index < -0.39 is 0 Å². The largest absolute Gasteiger partial charge is 0.368 e. The highest BCUT2D eigenvalue weighted by molar-refractivity contribution is 5.65. The summed E-state index contributed by atoms with van der Waals surface area (Å²) in [6.45, 7) is 4.25. The van der Waals surface area contributed by atoms with Gasteiger partial charge in [-0.3, -0.25) is 0 Å². The fourth-order valence-corrected chi connectivity index (χ4v) is 4.12. The van der Waals surface area contributed by atoms with Gasteiger partial charge in [0.05, 0.1) is 11.4 Å². The van der Waals surface area contributed by atoms with Crippen LogP contribution in [-0.2, 0) is 12.8 Å². The smallest absolute Gasteiger partial charge is 0.137 e. The quantitative estimate of drug-likeness (QED) is 0.782. The molecule has 0 radical (unpaired) electrons. The predicted octanol–water partition coefficient (Wildman–Crippen LogP) is 3.29. The number of aromatic nitrogens is 2. The fraction of sp³-hybridized carbons (Fsp3) is 0.381. The van der Waals surface area contributed by atoms with Crippen molar-refractivity contribution >= 4 is 11.3 Å². The molecule has 25 heavy (non-hydrogen) atoms. The van der Waals surface area contributed by atoms with Crippen LogP contribution < -0.4 is 10.2 Å². The molecule has 1 fully saturated rings. The number of piperazine rings is 1. The summed E-state index contributed by atoms with van der Waals surface area (Å²) in [6, 6.07) is 11.2. The first-order valence-electron chi connectivity index (χ1n) is 9.43. The van der Waals surface area contributed by atoms with Crippen molar-refractivity contribution in [3.05, 3.63) is 53.9 Å². The molecule has 3 heterocycles. The van der Waals surface area contributed by atoms with Crippen LogP contribution in [0.15, 0.2) is 42.7 Å². The first-order chi connectivity index (χ1) is 12.4. The predicted molar refractivity (Wildman–Crippen MR) is 102 cm³/mol. The highest BCUT2D eigenvalue weighted by atomic mass is 15.2. The molecule has 1 aliphatic carbocycles. The maximum atomic E-state index is 4.85. The third kappa shape index (κ3) is 2.81. The van der Waals surface area contributed by atoms with E-state index in [1.807, 2.05) is 0 Å². The van der Waals surface area contributed by atoms with Crippen LogP contribution in [0.3, 0.4) is 0 Å². The summed E-state index contributed by atoms with van der Waals surface area (Å²) in [5, 5.41) is 3.41. The van der Waals surface area contributed by atoms with Crippen LogP contribution in [0.1, 0.15) is 24.0 Å². The second kappa shape index (κ2) is 6.19. The molecule has 0 bridgehead atoms. The van der Waals surface area contributed by atoms with Crippen molar-refractivity contribution in [2.24, 2.45) is 0 Å². The molecule has 1 saturated heterocycles. The number of aryl methyl sites for hydroxylation is 2. The molecule has 1 aliphatic heterocycles. The fourth-order valence-electron chi connectivity index (χ4n) is 4.12. The van der Waals surface area contributed by atoms with Crippen LogP contribution in [0.4, 0.5) is 5.69 Å². The summed E-state index contributed by atoms with van der Waals surface area (Å²) in [6.07, 6.45) is 9.48. The van der Waals surface area contributed by atoms with Crippen molar-refractivity contribution in [2.45, 2.75) is 25.7 Å². The minimum Gasteiger partial charge on any atom is -0.368 e. The number of nitrogens with one attached hydrogen (secondary N) is 1. The molecule has 0 amide bonds. The average Bonchev–Trinajstić information content (AvgIpc) is 3.11. The van der Waals surface area contributed by atoms with Gasteiger partial charge < -0.3 is 14.6 Å². The Kier molecular flexibility index (Phi) is 3.71. The standard InChI is InChI=1S/C21H24N4/c1-2-4-17-13-18(6-5-16(17)3-1)20-15-25-14-19(7-8-21(25)23-20)24-11-9-22-10-12-24/h5-8,13-15,22H,1-4,9-12H2. The van der Waals surface area contributed by atoms with Crippen LogP contribution >= 0.6 is 0 Å². The van der Waals surface area contributed by atoms with Crippen LogP contribution in [0.25, 0.3) is 16.9 Å². The van der Waals surface area contributed by atoms with E-state index in [0.29, 0.717) is 0 Å². The second-order valence-corrected chi connectivity index (χ2v) is 7.21. The zero-order chi connectivity index (χ0) is 16.6. The zero-order valence-corrected chi connectivity index (χ0v) is 14.5. The molecule has 128 valence electrons. The molecular formula is C21H24N4. The van der Waals surface area contributed by atoms with Gasteiger partial charge in [0, 0.05) is 44.1 Å². The molecule has 1 aromatic carbocycles. The molecule has 0 saturated carbocycles. The summed E-state index contributed by atoms with van der Waals surface area (Å²) in [5.74, 6) is 0. The van der Waals surface area contributed by atoms with Gasteiger partial charge in [-0.1, -0.05) is 12.1 Å². The van der Waals surface area contributed by atoms with E-state index in [1.165, 1.54) is 48.1 Å². The number of benzene rings is 1. The third-order valence-corrected chi connectivity index (χ3v) is 5.56. The summed E-state index contributed by atoms with van der Waals surface area (Å²) < 4.78 is 2.17. The van der Waals surface area contributed by atoms with Crippen molar-refractivity contribution in [1.82, 2.24) is 14.7 Å². The van der Waals surface area contributed by atoms with E-state index in [-0.39, 0.29) is 0 Å². The molecule has 3 aromatic rings. The lowest BCUT2D eigenvalue weighted by molar-refractivity contribution is 0.588. The highest BCUT2D eigenvalue weighted by Crippen LogP contribution is 2.28. The number of rotatable bonds is 2. The van der Waals surface area contributed by atoms with Crippen LogP contribution in [0.5, 0.6) is 0 Å². The lowest BCUT2D eigenvalue weighted by Crippen LogP contribution is -2.43. The highest BCUT2D eigenvalue weighted by Gasteiger charge is 2.14. The van der Waals surface area contributed by atoms with Crippen LogP contribution in [-0.4, -0.2) is 35.6 Å². The summed E-state index contributed by atoms with van der Waals surface area (Å²) >= 11 is 0. The molecular weight excluding hydrogens is 308 g/mol. The Labute approximate surface area is 148 Å². The second-order valence-electron chi connectivity index (χ2n) is 7.21. The molecule has 1 N–H and O–H groups in total. The lowest BCUT2D eigenvalue weighted by atomic mass is 9.90. The summed E-state index contributed by atoms with van der Waals surface area (Å²) in [7, 11) is 0.